The second-order valence-corrected chi connectivity index (χ2v) is 14.6. The number of benzene rings is 1. The molecule has 3 heterocycles. The van der Waals surface area contributed by atoms with Crippen LogP contribution < -0.4 is 34.6 Å². The van der Waals surface area contributed by atoms with E-state index >= 15 is 0 Å². The normalized spacial score (nSPS) is 17.5. The molecule has 2 N–H and O–H groups in total. The Morgan fingerprint density at radius 2 is 1.50 bits per heavy atom. The molecule has 1 aromatic carbocycles. The summed E-state index contributed by atoms with van der Waals surface area (Å²) in [6.07, 6.45) is 17.3. The number of aryl methyl sites for hydroxylation is 1. The lowest BCUT2D eigenvalue weighted by Crippen LogP contribution is -3.00. The monoisotopic (exact) mass is 738 g/mol. The van der Waals surface area contributed by atoms with Gasteiger partial charge in [0.05, 0.1) is 55.5 Å². The van der Waals surface area contributed by atoms with Crippen LogP contribution in [-0.2, 0) is 9.53 Å². The molecule has 1 atom stereocenters. The lowest BCUT2D eigenvalue weighted by Gasteiger charge is -2.43. The number of carbonyl (C=O) groups excluding carboxylic acids is 1. The molecule has 0 amide bonds. The average Bonchev–Trinajstić information content (AvgIpc) is 3.30. The van der Waals surface area contributed by atoms with Crippen LogP contribution in [0.1, 0.15) is 120 Å². The van der Waals surface area contributed by atoms with Gasteiger partial charge in [-0.2, -0.15) is 0 Å². The Labute approximate surface area is 289 Å². The molecule has 6 nitrogen and oxygen atoms in total. The summed E-state index contributed by atoms with van der Waals surface area (Å²) in [5.41, 5.74) is 3.61. The number of thiophene rings is 1. The summed E-state index contributed by atoms with van der Waals surface area (Å²) in [6.45, 7) is 11.1. The third-order valence-corrected chi connectivity index (χ3v) is 10.5. The standard InChI is InChI=1S/C36H59N4O2S.HI/c1-5-7-9-11-13-15-19-30(20-16-14-12-10-8-6-2)36(41)42-28-40(4)25-23-39(24-26-40)34-31-27-29(3)43-35(31)38-33-22-18-17-21-32(33)37-34;/h17-18,21-22,27,30,34,37-38H,5-16,19-20,23-26,28H2,1-4H3;1H/q+1;/p-1. The molecule has 1 saturated heterocycles. The Kier molecular flexibility index (Phi) is 16.3. The Balaban J connectivity index is 0.00000529. The number of ether oxygens (including phenoxy) is 1. The van der Waals surface area contributed by atoms with Crippen LogP contribution in [0.5, 0.6) is 0 Å². The van der Waals surface area contributed by atoms with Gasteiger partial charge in [0.1, 0.15) is 6.17 Å². The molecule has 4 rings (SSSR count). The number of carbonyl (C=O) groups is 1. The van der Waals surface area contributed by atoms with E-state index < -0.39 is 0 Å². The van der Waals surface area contributed by atoms with Crippen molar-refractivity contribution in [2.45, 2.75) is 117 Å². The molecule has 0 bridgehead atoms. The third-order valence-electron chi connectivity index (χ3n) is 9.53. The van der Waals surface area contributed by atoms with Gasteiger partial charge in [-0.15, -0.1) is 11.3 Å². The first-order valence-electron chi connectivity index (χ1n) is 17.4. The fourth-order valence-corrected chi connectivity index (χ4v) is 7.56. The topological polar surface area (TPSA) is 53.6 Å². The van der Waals surface area contributed by atoms with E-state index in [1.807, 2.05) is 11.3 Å². The molecule has 0 radical (unpaired) electrons. The van der Waals surface area contributed by atoms with Gasteiger partial charge in [0.25, 0.3) is 0 Å². The van der Waals surface area contributed by atoms with Crippen LogP contribution in [-0.4, -0.2) is 55.3 Å². The zero-order chi connectivity index (χ0) is 30.5. The molecular formula is C36H59IN4O2S. The summed E-state index contributed by atoms with van der Waals surface area (Å²) in [5.74, 6) is 0.114. The maximum Gasteiger partial charge on any atom is 0.313 e. The van der Waals surface area contributed by atoms with Crippen molar-refractivity contribution in [1.29, 1.82) is 0 Å². The number of fused-ring (bicyclic) bond motifs is 2. The van der Waals surface area contributed by atoms with E-state index in [0.717, 1.165) is 67.7 Å². The second kappa shape index (κ2) is 19.3. The van der Waals surface area contributed by atoms with Crippen molar-refractivity contribution in [3.63, 3.8) is 0 Å². The molecular weight excluding hydrogens is 679 g/mol. The second-order valence-electron chi connectivity index (χ2n) is 13.4. The number of hydrogen-bond acceptors (Lipinski definition) is 6. The van der Waals surface area contributed by atoms with Crippen LogP contribution in [0.25, 0.3) is 0 Å². The molecule has 0 aliphatic carbocycles. The molecule has 8 heteroatoms. The first-order chi connectivity index (χ1) is 20.9. The Morgan fingerprint density at radius 1 is 0.932 bits per heavy atom. The highest BCUT2D eigenvalue weighted by molar-refractivity contribution is 7.16. The molecule has 2 aromatic rings. The van der Waals surface area contributed by atoms with Crippen molar-refractivity contribution in [3.8, 4) is 0 Å². The van der Waals surface area contributed by atoms with Crippen LogP contribution in [0.4, 0.5) is 16.4 Å². The number of esters is 1. The highest BCUT2D eigenvalue weighted by Crippen LogP contribution is 2.43. The van der Waals surface area contributed by atoms with Crippen molar-refractivity contribution in [2.75, 3.05) is 50.6 Å². The van der Waals surface area contributed by atoms with Crippen molar-refractivity contribution in [3.05, 3.63) is 40.8 Å². The summed E-state index contributed by atoms with van der Waals surface area (Å²) < 4.78 is 6.93. The smallest absolute Gasteiger partial charge is 0.313 e. The third kappa shape index (κ3) is 11.2. The van der Waals surface area contributed by atoms with Gasteiger partial charge in [-0.1, -0.05) is 103 Å². The number of nitrogens with zero attached hydrogens (tertiary/aromatic N) is 2. The first-order valence-corrected chi connectivity index (χ1v) is 18.2. The number of hydrogen-bond donors (Lipinski definition) is 2. The molecule has 1 unspecified atom stereocenters. The van der Waals surface area contributed by atoms with E-state index in [9.17, 15) is 4.79 Å². The fraction of sp³-hybridized carbons (Fsp3) is 0.694. The maximum absolute atomic E-state index is 13.4. The zero-order valence-corrected chi connectivity index (χ0v) is 30.9. The Morgan fingerprint density at radius 3 is 2.11 bits per heavy atom. The largest absolute Gasteiger partial charge is 1.00 e. The highest BCUT2D eigenvalue weighted by atomic mass is 127. The van der Waals surface area contributed by atoms with Gasteiger partial charge in [-0.3, -0.25) is 14.2 Å². The number of rotatable bonds is 18. The van der Waals surface area contributed by atoms with Gasteiger partial charge in [0, 0.05) is 10.4 Å². The van der Waals surface area contributed by atoms with Crippen molar-refractivity contribution in [2.24, 2.45) is 5.92 Å². The average molecular weight is 739 g/mol. The van der Waals surface area contributed by atoms with Crippen LogP contribution in [0.3, 0.4) is 0 Å². The van der Waals surface area contributed by atoms with E-state index in [1.54, 1.807) is 0 Å². The van der Waals surface area contributed by atoms with Crippen molar-refractivity contribution in [1.82, 2.24) is 4.90 Å². The SMILES string of the molecule is CCCCCCCCC(CCCCCCCC)C(=O)OC[N+]1(C)CCN(C2Nc3ccccc3Nc3sc(C)cc32)CC1.[I-]. The summed E-state index contributed by atoms with van der Waals surface area (Å²) >= 11 is 1.83. The van der Waals surface area contributed by atoms with Gasteiger partial charge in [0.15, 0.2) is 0 Å². The number of anilines is 3. The molecule has 1 aromatic heterocycles. The summed E-state index contributed by atoms with van der Waals surface area (Å²) in [7, 11) is 2.26. The molecule has 1 fully saturated rings. The van der Waals surface area contributed by atoms with Crippen molar-refractivity contribution < 1.29 is 38.0 Å². The minimum Gasteiger partial charge on any atom is -1.00 e. The number of halogens is 1. The molecule has 0 spiro atoms. The van der Waals surface area contributed by atoms with E-state index in [2.05, 4.69) is 73.7 Å². The number of para-hydroxylation sites is 2. The van der Waals surface area contributed by atoms with Crippen LogP contribution in [0, 0.1) is 12.8 Å². The minimum atomic E-state index is 0. The number of nitrogens with one attached hydrogen (secondary N) is 2. The minimum absolute atomic E-state index is 0. The number of unbranched alkanes of at least 4 members (excludes halogenated alkanes) is 10. The van der Waals surface area contributed by atoms with E-state index in [-0.39, 0.29) is 42.0 Å². The lowest BCUT2D eigenvalue weighted by molar-refractivity contribution is -0.929. The van der Waals surface area contributed by atoms with Crippen LogP contribution in [0.2, 0.25) is 0 Å². The number of piperazine rings is 1. The zero-order valence-electron chi connectivity index (χ0n) is 28.0. The van der Waals surface area contributed by atoms with Gasteiger partial charge in [-0.25, -0.2) is 0 Å². The molecule has 2 aliphatic heterocycles. The first kappa shape index (κ1) is 37.1. The quantitative estimate of drug-likeness (QED) is 0.0782. The van der Waals surface area contributed by atoms with E-state index in [4.69, 9.17) is 4.74 Å². The number of quaternary nitrogens is 1. The van der Waals surface area contributed by atoms with Gasteiger partial charge >= 0.3 is 5.97 Å². The van der Waals surface area contributed by atoms with Gasteiger partial charge < -0.3 is 39.3 Å². The molecule has 0 saturated carbocycles. The summed E-state index contributed by atoms with van der Waals surface area (Å²) in [6, 6.07) is 10.8. The van der Waals surface area contributed by atoms with E-state index in [0.29, 0.717) is 6.73 Å². The molecule has 248 valence electrons. The van der Waals surface area contributed by atoms with Crippen LogP contribution in [0.15, 0.2) is 30.3 Å². The molecule has 2 aliphatic rings. The number of likely N-dealkylation sites (N-methyl/N-ethyl adjacent to an activating group) is 1. The molecule has 44 heavy (non-hydrogen) atoms. The Bertz CT molecular complexity index is 1100. The maximum atomic E-state index is 13.4. The van der Waals surface area contributed by atoms with E-state index in [1.165, 1.54) is 79.6 Å². The highest BCUT2D eigenvalue weighted by Gasteiger charge is 2.36. The summed E-state index contributed by atoms with van der Waals surface area (Å²) in [5, 5.41) is 8.75. The summed E-state index contributed by atoms with van der Waals surface area (Å²) in [4.78, 5) is 17.3. The predicted molar refractivity (Wildman–Crippen MR) is 183 cm³/mol. The Hall–Kier alpha value is -1.36. The van der Waals surface area contributed by atoms with Gasteiger partial charge in [-0.05, 0) is 38.0 Å². The van der Waals surface area contributed by atoms with Gasteiger partial charge in [0.2, 0.25) is 6.73 Å². The predicted octanol–water partition coefficient (Wildman–Crippen LogP) is 6.61. The fourth-order valence-electron chi connectivity index (χ4n) is 6.60. The lowest BCUT2D eigenvalue weighted by atomic mass is 9.94. The van der Waals surface area contributed by atoms with Crippen LogP contribution >= 0.6 is 11.3 Å². The van der Waals surface area contributed by atoms with Crippen molar-refractivity contribution >= 4 is 33.7 Å².